The zero-order valence-electron chi connectivity index (χ0n) is 16.6. The number of hydrogen-bond donors (Lipinski definition) is 3. The summed E-state index contributed by atoms with van der Waals surface area (Å²) in [4.78, 5) is 28.5. The van der Waals surface area contributed by atoms with Crippen molar-refractivity contribution in [3.63, 3.8) is 0 Å². The van der Waals surface area contributed by atoms with Gasteiger partial charge < -0.3 is 20.5 Å². The van der Waals surface area contributed by atoms with Crippen molar-refractivity contribution in [2.75, 3.05) is 5.32 Å². The molecule has 11 heteroatoms. The summed E-state index contributed by atoms with van der Waals surface area (Å²) in [5.41, 5.74) is 0.885. The van der Waals surface area contributed by atoms with Gasteiger partial charge in [0.2, 0.25) is 5.82 Å². The molecule has 30 heavy (non-hydrogen) atoms. The predicted octanol–water partition coefficient (Wildman–Crippen LogP) is 2.09. The van der Waals surface area contributed by atoms with E-state index in [2.05, 4.69) is 37.8 Å². The normalized spacial score (nSPS) is 11.5. The first-order valence-electron chi connectivity index (χ1n) is 9.50. The van der Waals surface area contributed by atoms with Gasteiger partial charge in [0, 0.05) is 11.8 Å². The van der Waals surface area contributed by atoms with Gasteiger partial charge >= 0.3 is 5.97 Å². The number of imidazole rings is 1. The van der Waals surface area contributed by atoms with Crippen molar-refractivity contribution in [1.29, 1.82) is 0 Å². The highest BCUT2D eigenvalue weighted by atomic mass is 16.4. The molecule has 0 spiro atoms. The van der Waals surface area contributed by atoms with Gasteiger partial charge in [-0.3, -0.25) is 4.79 Å². The second-order valence-corrected chi connectivity index (χ2v) is 6.64. The number of H-pyrrole nitrogens is 1. The highest BCUT2D eigenvalue weighted by Crippen LogP contribution is 2.22. The molecule has 0 saturated carbocycles. The third kappa shape index (κ3) is 5.47. The van der Waals surface area contributed by atoms with Crippen LogP contribution in [0.1, 0.15) is 55.4 Å². The summed E-state index contributed by atoms with van der Waals surface area (Å²) in [5, 5.41) is 25.9. The van der Waals surface area contributed by atoms with E-state index in [-0.39, 0.29) is 11.3 Å². The van der Waals surface area contributed by atoms with Gasteiger partial charge in [0.25, 0.3) is 5.91 Å². The summed E-state index contributed by atoms with van der Waals surface area (Å²) in [6.45, 7) is 2.11. The molecule has 0 fully saturated rings. The van der Waals surface area contributed by atoms with Gasteiger partial charge in [0.15, 0.2) is 5.82 Å². The Balaban J connectivity index is 0.00000320. The number of hydrogen-bond acceptors (Lipinski definition) is 6. The molecule has 1 unspecified atom stereocenters. The Morgan fingerprint density at radius 3 is 2.73 bits per heavy atom. The number of aromatic nitrogens is 6. The smallest absolute Gasteiger partial charge is 0.326 e. The van der Waals surface area contributed by atoms with Crippen LogP contribution in [0.3, 0.4) is 0 Å². The van der Waals surface area contributed by atoms with Gasteiger partial charge in [-0.1, -0.05) is 50.8 Å². The molecule has 5 N–H and O–H groups in total. The number of carboxylic acid groups (broad SMARTS) is 1. The van der Waals surface area contributed by atoms with Crippen LogP contribution in [0.2, 0.25) is 0 Å². The number of carbonyl (C=O) groups excluding carboxylic acids is 1. The molecule has 1 aromatic carbocycles. The monoisotopic (exact) mass is 415 g/mol. The third-order valence-corrected chi connectivity index (χ3v) is 4.58. The summed E-state index contributed by atoms with van der Waals surface area (Å²) < 4.78 is 1.52. The first-order chi connectivity index (χ1) is 14.1. The van der Waals surface area contributed by atoms with Crippen molar-refractivity contribution in [3.8, 4) is 11.4 Å². The molecule has 0 radical (unpaired) electrons. The average Bonchev–Trinajstić information content (AvgIpc) is 3.40. The Morgan fingerprint density at radius 1 is 1.23 bits per heavy atom. The number of carboxylic acids is 1. The second kappa shape index (κ2) is 10.8. The van der Waals surface area contributed by atoms with Crippen LogP contribution in [-0.4, -0.2) is 52.6 Å². The minimum absolute atomic E-state index is 0. The van der Waals surface area contributed by atoms with Crippen LogP contribution >= 0.6 is 0 Å². The topological polar surface area (TPSA) is 170 Å². The fourth-order valence-electron chi connectivity index (χ4n) is 3.07. The van der Waals surface area contributed by atoms with E-state index < -0.39 is 17.9 Å². The van der Waals surface area contributed by atoms with E-state index in [9.17, 15) is 14.7 Å². The molecule has 1 atom stereocenters. The zero-order chi connectivity index (χ0) is 20.6. The van der Waals surface area contributed by atoms with E-state index >= 15 is 0 Å². The Morgan fingerprint density at radius 2 is 2.03 bits per heavy atom. The summed E-state index contributed by atoms with van der Waals surface area (Å²) in [7, 11) is 0. The van der Waals surface area contributed by atoms with Crippen LogP contribution in [0.4, 0.5) is 5.82 Å². The van der Waals surface area contributed by atoms with Gasteiger partial charge in [-0.2, -0.15) is 5.21 Å². The SMILES string of the molecule is CCCCCCC(C(=O)O)n1cnc(NC(=O)c2ccccc2-c2nn[nH]n2)c1.O. The van der Waals surface area contributed by atoms with Crippen molar-refractivity contribution in [2.24, 2.45) is 0 Å². The molecule has 2 heterocycles. The number of anilines is 1. The molecule has 0 aliphatic carbocycles. The molecule has 2 aromatic heterocycles. The van der Waals surface area contributed by atoms with Crippen LogP contribution in [0.15, 0.2) is 36.8 Å². The number of nitrogens with zero attached hydrogens (tertiary/aromatic N) is 5. The molecule has 0 saturated heterocycles. The van der Waals surface area contributed by atoms with Crippen LogP contribution in [-0.2, 0) is 4.79 Å². The van der Waals surface area contributed by atoms with Crippen LogP contribution in [0.5, 0.6) is 0 Å². The van der Waals surface area contributed by atoms with Crippen molar-refractivity contribution in [1.82, 2.24) is 30.2 Å². The zero-order valence-corrected chi connectivity index (χ0v) is 16.6. The molecular weight excluding hydrogens is 390 g/mol. The quantitative estimate of drug-likeness (QED) is 0.425. The van der Waals surface area contributed by atoms with E-state index in [0.29, 0.717) is 23.4 Å². The first kappa shape index (κ1) is 22.7. The number of carbonyl (C=O) groups is 2. The Bertz CT molecular complexity index is 955. The number of aromatic amines is 1. The number of tetrazole rings is 1. The fourth-order valence-corrected chi connectivity index (χ4v) is 3.07. The van der Waals surface area contributed by atoms with Gasteiger partial charge in [0.1, 0.15) is 6.04 Å². The minimum Gasteiger partial charge on any atom is -0.480 e. The molecule has 1 amide bonds. The maximum absolute atomic E-state index is 12.7. The molecule has 11 nitrogen and oxygen atoms in total. The van der Waals surface area contributed by atoms with E-state index in [0.717, 1.165) is 25.7 Å². The number of benzene rings is 1. The van der Waals surface area contributed by atoms with E-state index in [1.54, 1.807) is 24.3 Å². The number of unbranched alkanes of at least 4 members (excludes halogenated alkanes) is 3. The van der Waals surface area contributed by atoms with Crippen LogP contribution in [0, 0.1) is 0 Å². The summed E-state index contributed by atoms with van der Waals surface area (Å²) in [6.07, 6.45) is 7.46. The Labute approximate surface area is 172 Å². The molecular formula is C19H25N7O4. The third-order valence-electron chi connectivity index (χ3n) is 4.58. The number of rotatable bonds is 10. The molecule has 0 bridgehead atoms. The molecule has 0 aliphatic heterocycles. The van der Waals surface area contributed by atoms with E-state index in [4.69, 9.17) is 0 Å². The lowest BCUT2D eigenvalue weighted by molar-refractivity contribution is -0.141. The minimum atomic E-state index is -0.917. The lowest BCUT2D eigenvalue weighted by atomic mass is 10.1. The lowest BCUT2D eigenvalue weighted by Crippen LogP contribution is -2.18. The Kier molecular flexibility index (Phi) is 8.18. The number of amides is 1. The highest BCUT2D eigenvalue weighted by molar-refractivity contribution is 6.07. The predicted molar refractivity (Wildman–Crippen MR) is 109 cm³/mol. The Hall–Kier alpha value is -3.60. The number of aliphatic carboxylic acids is 1. The first-order valence-corrected chi connectivity index (χ1v) is 9.50. The maximum Gasteiger partial charge on any atom is 0.326 e. The standard InChI is InChI=1S/C19H23N7O3.H2O/c1-2-3-4-5-10-15(19(28)29)26-11-16(20-12-26)21-18(27)14-9-7-6-8-13(14)17-22-24-25-23-17;/h6-9,11-12,15H,2-5,10H2,1H3,(H,21,27)(H,28,29)(H,22,23,24,25);1H2. The largest absolute Gasteiger partial charge is 0.480 e. The molecule has 3 aromatic rings. The maximum atomic E-state index is 12.7. The van der Waals surface area contributed by atoms with Gasteiger partial charge in [-0.25, -0.2) is 9.78 Å². The van der Waals surface area contributed by atoms with Crippen molar-refractivity contribution in [2.45, 2.75) is 45.1 Å². The van der Waals surface area contributed by atoms with Crippen LogP contribution < -0.4 is 5.32 Å². The molecule has 3 rings (SSSR count). The van der Waals surface area contributed by atoms with Gasteiger partial charge in [-0.15, -0.1) is 10.2 Å². The van der Waals surface area contributed by atoms with Crippen molar-refractivity contribution < 1.29 is 20.2 Å². The van der Waals surface area contributed by atoms with Crippen molar-refractivity contribution >= 4 is 17.7 Å². The highest BCUT2D eigenvalue weighted by Gasteiger charge is 2.21. The fraction of sp³-hybridized carbons (Fsp3) is 0.368. The molecule has 160 valence electrons. The molecule has 0 aliphatic rings. The average molecular weight is 415 g/mol. The van der Waals surface area contributed by atoms with Crippen molar-refractivity contribution in [3.05, 3.63) is 42.4 Å². The van der Waals surface area contributed by atoms with E-state index in [1.807, 2.05) is 0 Å². The summed E-state index contributed by atoms with van der Waals surface area (Å²) >= 11 is 0. The van der Waals surface area contributed by atoms with Crippen LogP contribution in [0.25, 0.3) is 11.4 Å². The summed E-state index contributed by atoms with van der Waals surface area (Å²) in [6, 6.07) is 6.15. The lowest BCUT2D eigenvalue weighted by Gasteiger charge is -2.13. The number of nitrogens with one attached hydrogen (secondary N) is 2. The van der Waals surface area contributed by atoms with Gasteiger partial charge in [0.05, 0.1) is 11.9 Å². The summed E-state index contributed by atoms with van der Waals surface area (Å²) in [5.74, 6) is -0.735. The van der Waals surface area contributed by atoms with Gasteiger partial charge in [-0.05, 0) is 17.7 Å². The van der Waals surface area contributed by atoms with E-state index in [1.165, 1.54) is 17.1 Å². The second-order valence-electron chi connectivity index (χ2n) is 6.64.